The molecular formula is C16H12ClN3O3S. The minimum absolute atomic E-state index is 0.170. The number of nitrogens with one attached hydrogen (secondary N) is 2. The van der Waals surface area contributed by atoms with Crippen molar-refractivity contribution < 1.29 is 14.7 Å². The molecule has 6 nitrogen and oxygen atoms in total. The van der Waals surface area contributed by atoms with E-state index in [1.165, 1.54) is 23.9 Å². The van der Waals surface area contributed by atoms with Crippen LogP contribution in [-0.4, -0.2) is 32.7 Å². The van der Waals surface area contributed by atoms with Gasteiger partial charge in [0.15, 0.2) is 5.16 Å². The minimum atomic E-state index is -1.01. The Morgan fingerprint density at radius 3 is 2.67 bits per heavy atom. The molecule has 122 valence electrons. The second-order valence-corrected chi connectivity index (χ2v) is 6.32. The summed E-state index contributed by atoms with van der Waals surface area (Å²) in [5.41, 5.74) is 2.31. The minimum Gasteiger partial charge on any atom is -0.478 e. The normalized spacial score (nSPS) is 10.7. The Labute approximate surface area is 146 Å². The highest BCUT2D eigenvalue weighted by molar-refractivity contribution is 7.99. The lowest BCUT2D eigenvalue weighted by atomic mass is 10.2. The van der Waals surface area contributed by atoms with Gasteiger partial charge in [0.1, 0.15) is 0 Å². The molecule has 3 N–H and O–H groups in total. The van der Waals surface area contributed by atoms with Crippen LogP contribution in [0.25, 0.3) is 11.0 Å². The summed E-state index contributed by atoms with van der Waals surface area (Å²) in [6, 6.07) is 11.3. The number of hydrogen-bond acceptors (Lipinski definition) is 4. The number of halogens is 1. The van der Waals surface area contributed by atoms with Crippen molar-refractivity contribution in [1.29, 1.82) is 0 Å². The number of H-pyrrole nitrogens is 1. The van der Waals surface area contributed by atoms with E-state index < -0.39 is 5.97 Å². The first-order valence-corrected chi connectivity index (χ1v) is 8.29. The molecule has 0 saturated heterocycles. The molecule has 1 heterocycles. The number of imidazole rings is 1. The van der Waals surface area contributed by atoms with E-state index in [2.05, 4.69) is 15.3 Å². The van der Waals surface area contributed by atoms with Gasteiger partial charge in [0, 0.05) is 10.7 Å². The highest BCUT2D eigenvalue weighted by Gasteiger charge is 2.08. The molecule has 2 aromatic carbocycles. The molecule has 0 saturated carbocycles. The summed E-state index contributed by atoms with van der Waals surface area (Å²) in [5, 5.41) is 12.8. The Balaban J connectivity index is 1.59. The number of thioether (sulfide) groups is 1. The number of carboxylic acids is 1. The Bertz CT molecular complexity index is 909. The van der Waals surface area contributed by atoms with E-state index in [1.807, 2.05) is 6.07 Å². The number of fused-ring (bicyclic) bond motifs is 1. The fourth-order valence-electron chi connectivity index (χ4n) is 2.05. The maximum Gasteiger partial charge on any atom is 0.335 e. The summed E-state index contributed by atoms with van der Waals surface area (Å²) in [6.07, 6.45) is 0. The van der Waals surface area contributed by atoms with Crippen molar-refractivity contribution in [2.75, 3.05) is 11.1 Å². The first-order valence-electron chi connectivity index (χ1n) is 6.92. The number of hydrogen-bond donors (Lipinski definition) is 3. The SMILES string of the molecule is O=C(CSc1nc2ccc(Cl)cc2[nH]1)Nc1ccc(C(=O)O)cc1. The largest absolute Gasteiger partial charge is 0.478 e. The number of aromatic carboxylic acids is 1. The van der Waals surface area contributed by atoms with Crippen molar-refractivity contribution in [2.24, 2.45) is 0 Å². The molecule has 0 unspecified atom stereocenters. The molecule has 0 bridgehead atoms. The molecule has 0 aliphatic heterocycles. The number of carboxylic acid groups (broad SMARTS) is 1. The number of rotatable bonds is 5. The van der Waals surface area contributed by atoms with E-state index >= 15 is 0 Å². The Morgan fingerprint density at radius 1 is 1.21 bits per heavy atom. The summed E-state index contributed by atoms with van der Waals surface area (Å²) in [6.45, 7) is 0. The van der Waals surface area contributed by atoms with Crippen LogP contribution in [0.2, 0.25) is 5.02 Å². The molecule has 0 fully saturated rings. The Hall–Kier alpha value is -2.51. The molecule has 24 heavy (non-hydrogen) atoms. The van der Waals surface area contributed by atoms with Gasteiger partial charge in [0.05, 0.1) is 22.3 Å². The summed E-state index contributed by atoms with van der Waals surface area (Å²) in [7, 11) is 0. The van der Waals surface area contributed by atoms with Gasteiger partial charge in [-0.05, 0) is 42.5 Å². The van der Waals surface area contributed by atoms with Crippen LogP contribution in [-0.2, 0) is 4.79 Å². The van der Waals surface area contributed by atoms with Crippen LogP contribution in [0.15, 0.2) is 47.6 Å². The smallest absolute Gasteiger partial charge is 0.335 e. The van der Waals surface area contributed by atoms with Crippen molar-refractivity contribution in [3.63, 3.8) is 0 Å². The van der Waals surface area contributed by atoms with Gasteiger partial charge in [-0.3, -0.25) is 4.79 Å². The third-order valence-corrected chi connectivity index (χ3v) is 4.29. The second-order valence-electron chi connectivity index (χ2n) is 4.92. The molecule has 0 atom stereocenters. The van der Waals surface area contributed by atoms with E-state index in [1.54, 1.807) is 24.3 Å². The van der Waals surface area contributed by atoms with Crippen LogP contribution in [0, 0.1) is 0 Å². The molecule has 1 amide bonds. The van der Waals surface area contributed by atoms with E-state index in [-0.39, 0.29) is 17.2 Å². The Morgan fingerprint density at radius 2 is 1.96 bits per heavy atom. The zero-order valence-electron chi connectivity index (χ0n) is 12.2. The average molecular weight is 362 g/mol. The van der Waals surface area contributed by atoms with Gasteiger partial charge in [0.2, 0.25) is 5.91 Å². The van der Waals surface area contributed by atoms with Gasteiger partial charge in [-0.25, -0.2) is 9.78 Å². The lowest BCUT2D eigenvalue weighted by molar-refractivity contribution is -0.113. The first kappa shape index (κ1) is 16.4. The van der Waals surface area contributed by atoms with Crippen molar-refractivity contribution in [2.45, 2.75) is 5.16 Å². The van der Waals surface area contributed by atoms with Crippen molar-refractivity contribution in [3.05, 3.63) is 53.1 Å². The number of amides is 1. The van der Waals surface area contributed by atoms with Crippen LogP contribution >= 0.6 is 23.4 Å². The van der Waals surface area contributed by atoms with Crippen molar-refractivity contribution >= 4 is 52.0 Å². The number of aromatic nitrogens is 2. The maximum atomic E-state index is 12.0. The standard InChI is InChI=1S/C16H12ClN3O3S/c17-10-3-6-12-13(7-10)20-16(19-12)24-8-14(21)18-11-4-1-9(2-5-11)15(22)23/h1-7H,8H2,(H,18,21)(H,19,20)(H,22,23). The number of aromatic amines is 1. The van der Waals surface area contributed by atoms with Crippen LogP contribution in [0.4, 0.5) is 5.69 Å². The van der Waals surface area contributed by atoms with E-state index in [0.717, 1.165) is 11.0 Å². The highest BCUT2D eigenvalue weighted by atomic mass is 35.5. The molecule has 0 spiro atoms. The van der Waals surface area contributed by atoms with Gasteiger partial charge in [-0.2, -0.15) is 0 Å². The number of carbonyl (C=O) groups is 2. The zero-order chi connectivity index (χ0) is 17.1. The van der Waals surface area contributed by atoms with Crippen LogP contribution in [0.5, 0.6) is 0 Å². The molecule has 0 aliphatic carbocycles. The predicted octanol–water partition coefficient (Wildman–Crippen LogP) is 3.65. The zero-order valence-corrected chi connectivity index (χ0v) is 13.8. The topological polar surface area (TPSA) is 95.1 Å². The molecule has 3 aromatic rings. The van der Waals surface area contributed by atoms with Crippen LogP contribution in [0.1, 0.15) is 10.4 Å². The van der Waals surface area contributed by atoms with E-state index in [9.17, 15) is 9.59 Å². The predicted molar refractivity (Wildman–Crippen MR) is 93.9 cm³/mol. The number of nitrogens with zero attached hydrogens (tertiary/aromatic N) is 1. The quantitative estimate of drug-likeness (QED) is 0.603. The fraction of sp³-hybridized carbons (Fsp3) is 0.0625. The van der Waals surface area contributed by atoms with E-state index in [0.29, 0.717) is 15.9 Å². The molecule has 3 rings (SSSR count). The maximum absolute atomic E-state index is 12.0. The van der Waals surface area contributed by atoms with Gasteiger partial charge in [0.25, 0.3) is 0 Å². The molecule has 1 aromatic heterocycles. The molecule has 0 radical (unpaired) electrons. The van der Waals surface area contributed by atoms with Gasteiger partial charge >= 0.3 is 5.97 Å². The second kappa shape index (κ2) is 6.94. The fourth-order valence-corrected chi connectivity index (χ4v) is 2.91. The average Bonchev–Trinajstić information content (AvgIpc) is 2.95. The van der Waals surface area contributed by atoms with Crippen molar-refractivity contribution in [3.8, 4) is 0 Å². The van der Waals surface area contributed by atoms with E-state index in [4.69, 9.17) is 16.7 Å². The van der Waals surface area contributed by atoms with Crippen molar-refractivity contribution in [1.82, 2.24) is 9.97 Å². The van der Waals surface area contributed by atoms with Crippen LogP contribution < -0.4 is 5.32 Å². The summed E-state index contributed by atoms with van der Waals surface area (Å²) in [5.74, 6) is -1.04. The van der Waals surface area contributed by atoms with Gasteiger partial charge < -0.3 is 15.4 Å². The monoisotopic (exact) mass is 361 g/mol. The molecule has 8 heteroatoms. The number of benzene rings is 2. The number of carbonyl (C=O) groups excluding carboxylic acids is 1. The molecular weight excluding hydrogens is 350 g/mol. The Kier molecular flexibility index (Phi) is 4.73. The van der Waals surface area contributed by atoms with Crippen LogP contribution in [0.3, 0.4) is 0 Å². The van der Waals surface area contributed by atoms with Gasteiger partial charge in [-0.1, -0.05) is 23.4 Å². The summed E-state index contributed by atoms with van der Waals surface area (Å²) >= 11 is 7.19. The van der Waals surface area contributed by atoms with Gasteiger partial charge in [-0.15, -0.1) is 0 Å². The highest BCUT2D eigenvalue weighted by Crippen LogP contribution is 2.22. The first-order chi connectivity index (χ1) is 11.5. The summed E-state index contributed by atoms with van der Waals surface area (Å²) in [4.78, 5) is 30.2. The third kappa shape index (κ3) is 3.87. The number of anilines is 1. The lowest BCUT2D eigenvalue weighted by Gasteiger charge is -2.04. The molecule has 0 aliphatic rings. The summed E-state index contributed by atoms with van der Waals surface area (Å²) < 4.78 is 0. The lowest BCUT2D eigenvalue weighted by Crippen LogP contribution is -2.14. The third-order valence-electron chi connectivity index (χ3n) is 3.18.